The summed E-state index contributed by atoms with van der Waals surface area (Å²) < 4.78 is 0. The van der Waals surface area contributed by atoms with Gasteiger partial charge < -0.3 is 16.4 Å². The lowest BCUT2D eigenvalue weighted by Gasteiger charge is -2.17. The molecule has 0 bridgehead atoms. The van der Waals surface area contributed by atoms with Gasteiger partial charge in [-0.05, 0) is 24.3 Å². The average Bonchev–Trinajstić information content (AvgIpc) is 2.36. The first-order chi connectivity index (χ1) is 8.63. The third kappa shape index (κ3) is 4.53. The first kappa shape index (κ1) is 13.5. The summed E-state index contributed by atoms with van der Waals surface area (Å²) in [7, 11) is 1.95. The van der Waals surface area contributed by atoms with E-state index < -0.39 is 0 Å². The van der Waals surface area contributed by atoms with Gasteiger partial charge in [0.2, 0.25) is 6.21 Å². The molecule has 0 aromatic heterocycles. The predicted octanol–water partition coefficient (Wildman–Crippen LogP) is -1.28. The number of benzene rings is 1. The van der Waals surface area contributed by atoms with Crippen molar-refractivity contribution in [1.82, 2.24) is 0 Å². The van der Waals surface area contributed by atoms with E-state index in [9.17, 15) is 0 Å². The zero-order valence-electron chi connectivity index (χ0n) is 10.3. The van der Waals surface area contributed by atoms with E-state index >= 15 is 0 Å². The number of anilines is 1. The normalized spacial score (nSPS) is 10.0. The number of nitriles is 1. The molecule has 0 saturated heterocycles. The van der Waals surface area contributed by atoms with Crippen LogP contribution in [0.1, 0.15) is 12.0 Å². The molecular weight excluding hydrogens is 228 g/mol. The molecule has 1 aromatic rings. The van der Waals surface area contributed by atoms with E-state index in [-0.39, 0.29) is 5.96 Å². The summed E-state index contributed by atoms with van der Waals surface area (Å²) in [5.41, 5.74) is 12.4. The van der Waals surface area contributed by atoms with Gasteiger partial charge in [-0.1, -0.05) is 0 Å². The fourth-order valence-electron chi connectivity index (χ4n) is 1.35. The molecule has 0 saturated carbocycles. The maximum Gasteiger partial charge on any atom is 0.256 e. The number of guanidine groups is 1. The zero-order chi connectivity index (χ0) is 13.4. The summed E-state index contributed by atoms with van der Waals surface area (Å²) in [4.78, 5) is 2.02. The van der Waals surface area contributed by atoms with Gasteiger partial charge in [-0.3, -0.25) is 0 Å². The minimum Gasteiger partial charge on any atom is -0.374 e. The molecule has 6 heteroatoms. The van der Waals surface area contributed by atoms with Crippen LogP contribution >= 0.6 is 0 Å². The lowest BCUT2D eigenvalue weighted by atomic mass is 10.2. The van der Waals surface area contributed by atoms with E-state index in [1.807, 2.05) is 36.2 Å². The lowest BCUT2D eigenvalue weighted by molar-refractivity contribution is -0.456. The van der Waals surface area contributed by atoms with Crippen molar-refractivity contribution in [1.29, 1.82) is 5.26 Å². The molecule has 0 aliphatic carbocycles. The Labute approximate surface area is 106 Å². The monoisotopic (exact) mass is 245 g/mol. The van der Waals surface area contributed by atoms with Gasteiger partial charge in [0.15, 0.2) is 0 Å². The molecule has 0 unspecified atom stereocenters. The molecule has 0 radical (unpaired) electrons. The number of rotatable bonds is 5. The minimum absolute atomic E-state index is 0.0147. The second-order valence-electron chi connectivity index (χ2n) is 3.73. The van der Waals surface area contributed by atoms with Crippen LogP contribution in [0.5, 0.6) is 0 Å². The van der Waals surface area contributed by atoms with E-state index in [0.717, 1.165) is 11.3 Å². The van der Waals surface area contributed by atoms with Crippen molar-refractivity contribution in [3.8, 4) is 6.07 Å². The number of hydrogen-bond acceptors (Lipinski definition) is 3. The lowest BCUT2D eigenvalue weighted by Crippen LogP contribution is -2.63. The Morgan fingerprint density at radius 1 is 1.44 bits per heavy atom. The molecule has 18 heavy (non-hydrogen) atoms. The number of nitrogens with two attached hydrogens (primary N) is 2. The molecule has 0 aliphatic heterocycles. The number of hydrogen-bond donors (Lipinski definition) is 3. The van der Waals surface area contributed by atoms with Crippen molar-refractivity contribution >= 4 is 17.9 Å². The van der Waals surface area contributed by atoms with E-state index in [0.29, 0.717) is 13.0 Å². The Hall–Kier alpha value is -2.55. The van der Waals surface area contributed by atoms with E-state index in [1.54, 1.807) is 6.21 Å². The minimum atomic E-state index is -0.0147. The second-order valence-corrected chi connectivity index (χ2v) is 3.73. The van der Waals surface area contributed by atoms with Crippen molar-refractivity contribution in [2.45, 2.75) is 6.42 Å². The highest BCUT2D eigenvalue weighted by Crippen LogP contribution is 2.12. The van der Waals surface area contributed by atoms with Crippen molar-refractivity contribution in [2.75, 3.05) is 18.5 Å². The van der Waals surface area contributed by atoms with Crippen LogP contribution in [0, 0.1) is 11.3 Å². The van der Waals surface area contributed by atoms with E-state index in [1.165, 1.54) is 0 Å². The van der Waals surface area contributed by atoms with Gasteiger partial charge in [-0.2, -0.15) is 5.26 Å². The second kappa shape index (κ2) is 6.91. The fraction of sp³-hybridized carbons (Fsp3) is 0.250. The topological polar surface area (TPSA) is 105 Å². The molecule has 0 spiro atoms. The molecule has 0 amide bonds. The number of nitrogens with zero attached hydrogens (tertiary/aromatic N) is 3. The van der Waals surface area contributed by atoms with Crippen LogP contribution in [-0.4, -0.2) is 25.8 Å². The molecule has 1 rings (SSSR count). The van der Waals surface area contributed by atoms with Crippen molar-refractivity contribution in [2.24, 2.45) is 16.6 Å². The third-order valence-corrected chi connectivity index (χ3v) is 2.32. The maximum absolute atomic E-state index is 8.53. The van der Waals surface area contributed by atoms with Gasteiger partial charge >= 0.3 is 0 Å². The SMILES string of the molecule is CN(CCC#N)c1ccc(/C=[NH+]/N=C(N)N)cc1. The van der Waals surface area contributed by atoms with Crippen LogP contribution < -0.4 is 21.5 Å². The smallest absolute Gasteiger partial charge is 0.256 e. The molecule has 94 valence electrons. The molecule has 5 N–H and O–H groups in total. The van der Waals surface area contributed by atoms with Gasteiger partial charge in [0.25, 0.3) is 5.96 Å². The molecular formula is C12H17N6+. The van der Waals surface area contributed by atoms with Crippen LogP contribution in [0.2, 0.25) is 0 Å². The molecule has 1 aromatic carbocycles. The number of hydrazone groups is 1. The largest absolute Gasteiger partial charge is 0.374 e. The van der Waals surface area contributed by atoms with Gasteiger partial charge in [0, 0.05) is 29.9 Å². The third-order valence-electron chi connectivity index (χ3n) is 2.32. The number of nitrogens with one attached hydrogen (secondary N) is 1. The zero-order valence-corrected chi connectivity index (χ0v) is 10.3. The first-order valence-electron chi connectivity index (χ1n) is 5.49. The highest BCUT2D eigenvalue weighted by atomic mass is 15.3. The van der Waals surface area contributed by atoms with Gasteiger partial charge in [0.05, 0.1) is 12.5 Å². The standard InChI is InChI=1S/C12H16N6/c1-18(8-2-7-13)11-5-3-10(4-6-11)9-16-17-12(14)15/h3-6,9H,2,8H2,1H3,(H4,14,15,17)/p+1/b16-9+. The van der Waals surface area contributed by atoms with E-state index in [2.05, 4.69) is 16.3 Å². The van der Waals surface area contributed by atoms with Crippen molar-refractivity contribution in [3.63, 3.8) is 0 Å². The average molecular weight is 245 g/mol. The fourth-order valence-corrected chi connectivity index (χ4v) is 1.35. The highest BCUT2D eigenvalue weighted by molar-refractivity contribution is 5.77. The summed E-state index contributed by atoms with van der Waals surface area (Å²) in [6, 6.07) is 9.94. The van der Waals surface area contributed by atoms with Crippen LogP contribution in [-0.2, 0) is 0 Å². The van der Waals surface area contributed by atoms with Crippen LogP contribution in [0.15, 0.2) is 29.4 Å². The van der Waals surface area contributed by atoms with Crippen LogP contribution in [0.25, 0.3) is 0 Å². The van der Waals surface area contributed by atoms with Crippen LogP contribution in [0.4, 0.5) is 5.69 Å². The van der Waals surface area contributed by atoms with E-state index in [4.69, 9.17) is 16.7 Å². The quantitative estimate of drug-likeness (QED) is 0.341. The summed E-state index contributed by atoms with van der Waals surface area (Å²) in [5.74, 6) is -0.0147. The predicted molar refractivity (Wildman–Crippen MR) is 71.9 cm³/mol. The Morgan fingerprint density at radius 2 is 2.11 bits per heavy atom. The Morgan fingerprint density at radius 3 is 2.67 bits per heavy atom. The molecule has 0 heterocycles. The summed E-state index contributed by atoms with van der Waals surface area (Å²) >= 11 is 0. The first-order valence-corrected chi connectivity index (χ1v) is 5.49. The summed E-state index contributed by atoms with van der Waals surface area (Å²) in [6.07, 6.45) is 2.20. The van der Waals surface area contributed by atoms with Gasteiger partial charge in [0.1, 0.15) is 0 Å². The van der Waals surface area contributed by atoms with Crippen LogP contribution in [0.3, 0.4) is 0 Å². The van der Waals surface area contributed by atoms with Gasteiger partial charge in [-0.15, -0.1) is 5.10 Å². The summed E-state index contributed by atoms with van der Waals surface area (Å²) in [6.45, 7) is 0.714. The molecule has 0 atom stereocenters. The maximum atomic E-state index is 8.53. The van der Waals surface area contributed by atoms with Crippen molar-refractivity contribution < 1.29 is 5.10 Å². The molecule has 0 aliphatic rings. The molecule has 6 nitrogen and oxygen atoms in total. The Bertz CT molecular complexity index is 464. The summed E-state index contributed by atoms with van der Waals surface area (Å²) in [5, 5.41) is 14.8. The highest BCUT2D eigenvalue weighted by Gasteiger charge is 2.00. The van der Waals surface area contributed by atoms with Crippen molar-refractivity contribution in [3.05, 3.63) is 29.8 Å². The Kier molecular flexibility index (Phi) is 5.19. The van der Waals surface area contributed by atoms with Gasteiger partial charge in [-0.25, -0.2) is 0 Å². The molecule has 0 fully saturated rings. The Balaban J connectivity index is 2.65.